The molecule has 1 aliphatic rings. The summed E-state index contributed by atoms with van der Waals surface area (Å²) in [6, 6.07) is 9.40. The maximum Gasteiger partial charge on any atom is 0.229 e. The summed E-state index contributed by atoms with van der Waals surface area (Å²) in [4.78, 5) is 20.7. The van der Waals surface area contributed by atoms with Gasteiger partial charge in [-0.15, -0.1) is 0 Å². The predicted octanol–water partition coefficient (Wildman–Crippen LogP) is 2.09. The molecule has 1 atom stereocenters. The summed E-state index contributed by atoms with van der Waals surface area (Å²) in [6.45, 7) is 1.70. The molecule has 0 aliphatic carbocycles. The Labute approximate surface area is 135 Å². The molecule has 1 aromatic heterocycles. The zero-order valence-electron chi connectivity index (χ0n) is 13.1. The second kappa shape index (κ2) is 7.19. The molecule has 2 aromatic rings. The minimum absolute atomic E-state index is 0.00174. The van der Waals surface area contributed by atoms with E-state index < -0.39 is 0 Å². The Balaban J connectivity index is 1.78. The molecule has 0 saturated carbocycles. The number of para-hydroxylation sites is 1. The highest BCUT2D eigenvalue weighted by molar-refractivity contribution is 5.92. The SMILES string of the molecule is COc1ccccc1-c1cc(NC(=O)[C@@H]2CCCNC2)ncn1. The first-order valence-corrected chi connectivity index (χ1v) is 7.75. The van der Waals surface area contributed by atoms with Crippen molar-refractivity contribution in [2.75, 3.05) is 25.5 Å². The van der Waals surface area contributed by atoms with Gasteiger partial charge in [0.1, 0.15) is 17.9 Å². The standard InChI is InChI=1S/C17H20N4O2/c1-23-15-7-3-2-6-13(15)14-9-16(20-11-19-14)21-17(22)12-5-4-8-18-10-12/h2-3,6-7,9,11-12,18H,4-5,8,10H2,1H3,(H,19,20,21,22)/t12-/m1/s1. The highest BCUT2D eigenvalue weighted by Crippen LogP contribution is 2.28. The fourth-order valence-electron chi connectivity index (χ4n) is 2.73. The maximum atomic E-state index is 12.3. The van der Waals surface area contributed by atoms with Crippen LogP contribution in [0.4, 0.5) is 5.82 Å². The number of carbonyl (C=O) groups is 1. The van der Waals surface area contributed by atoms with Crippen LogP contribution in [0.3, 0.4) is 0 Å². The lowest BCUT2D eigenvalue weighted by molar-refractivity contribution is -0.120. The van der Waals surface area contributed by atoms with Crippen LogP contribution >= 0.6 is 0 Å². The topological polar surface area (TPSA) is 76.1 Å². The number of aromatic nitrogens is 2. The molecule has 6 heteroatoms. The monoisotopic (exact) mass is 312 g/mol. The van der Waals surface area contributed by atoms with Crippen molar-refractivity contribution in [2.45, 2.75) is 12.8 Å². The molecule has 0 bridgehead atoms. The van der Waals surface area contributed by atoms with Gasteiger partial charge in [0.15, 0.2) is 0 Å². The van der Waals surface area contributed by atoms with E-state index >= 15 is 0 Å². The summed E-state index contributed by atoms with van der Waals surface area (Å²) in [7, 11) is 1.62. The number of hydrogen-bond acceptors (Lipinski definition) is 5. The van der Waals surface area contributed by atoms with Crippen LogP contribution in [0.5, 0.6) is 5.75 Å². The van der Waals surface area contributed by atoms with Crippen molar-refractivity contribution in [3.8, 4) is 17.0 Å². The van der Waals surface area contributed by atoms with E-state index in [9.17, 15) is 4.79 Å². The van der Waals surface area contributed by atoms with Gasteiger partial charge in [0, 0.05) is 18.2 Å². The Morgan fingerprint density at radius 1 is 1.35 bits per heavy atom. The lowest BCUT2D eigenvalue weighted by Gasteiger charge is -2.21. The number of carbonyl (C=O) groups excluding carboxylic acids is 1. The lowest BCUT2D eigenvalue weighted by Crippen LogP contribution is -2.37. The van der Waals surface area contributed by atoms with Gasteiger partial charge in [0.05, 0.1) is 18.7 Å². The van der Waals surface area contributed by atoms with Gasteiger partial charge in [0.25, 0.3) is 0 Å². The predicted molar refractivity (Wildman–Crippen MR) is 88.2 cm³/mol. The Kier molecular flexibility index (Phi) is 4.83. The molecule has 3 rings (SSSR count). The molecular formula is C17H20N4O2. The molecule has 2 heterocycles. The molecule has 1 aromatic carbocycles. The van der Waals surface area contributed by atoms with Crippen LogP contribution in [0, 0.1) is 5.92 Å². The van der Waals surface area contributed by atoms with Gasteiger partial charge in [-0.2, -0.15) is 0 Å². The molecule has 1 fully saturated rings. The van der Waals surface area contributed by atoms with E-state index in [-0.39, 0.29) is 11.8 Å². The molecular weight excluding hydrogens is 292 g/mol. The highest BCUT2D eigenvalue weighted by Gasteiger charge is 2.21. The van der Waals surface area contributed by atoms with Crippen LogP contribution in [0.15, 0.2) is 36.7 Å². The summed E-state index contributed by atoms with van der Waals surface area (Å²) in [5.41, 5.74) is 1.58. The minimum Gasteiger partial charge on any atom is -0.496 e. The van der Waals surface area contributed by atoms with E-state index in [0.29, 0.717) is 5.82 Å². The number of nitrogens with one attached hydrogen (secondary N) is 2. The van der Waals surface area contributed by atoms with E-state index in [1.165, 1.54) is 6.33 Å². The first-order chi connectivity index (χ1) is 11.3. The molecule has 1 aliphatic heterocycles. The Bertz CT molecular complexity index is 684. The molecule has 120 valence electrons. The third kappa shape index (κ3) is 3.65. The van der Waals surface area contributed by atoms with Crippen molar-refractivity contribution in [2.24, 2.45) is 5.92 Å². The van der Waals surface area contributed by atoms with Gasteiger partial charge in [-0.3, -0.25) is 4.79 Å². The van der Waals surface area contributed by atoms with Crippen molar-refractivity contribution in [3.63, 3.8) is 0 Å². The Morgan fingerprint density at radius 3 is 3.00 bits per heavy atom. The second-order valence-electron chi connectivity index (χ2n) is 5.52. The van der Waals surface area contributed by atoms with Gasteiger partial charge in [-0.25, -0.2) is 9.97 Å². The summed E-state index contributed by atoms with van der Waals surface area (Å²) >= 11 is 0. The van der Waals surface area contributed by atoms with Crippen molar-refractivity contribution in [3.05, 3.63) is 36.7 Å². The molecule has 0 unspecified atom stereocenters. The van der Waals surface area contributed by atoms with Gasteiger partial charge in [-0.1, -0.05) is 12.1 Å². The highest BCUT2D eigenvalue weighted by atomic mass is 16.5. The van der Waals surface area contributed by atoms with E-state index in [4.69, 9.17) is 4.74 Å². The number of benzene rings is 1. The summed E-state index contributed by atoms with van der Waals surface area (Å²) in [6.07, 6.45) is 3.38. The van der Waals surface area contributed by atoms with Crippen molar-refractivity contribution < 1.29 is 9.53 Å². The molecule has 1 saturated heterocycles. The fourth-order valence-corrected chi connectivity index (χ4v) is 2.73. The second-order valence-corrected chi connectivity index (χ2v) is 5.52. The van der Waals surface area contributed by atoms with Crippen LogP contribution in [0.1, 0.15) is 12.8 Å². The Morgan fingerprint density at radius 2 is 2.22 bits per heavy atom. The number of amides is 1. The first kappa shape index (κ1) is 15.4. The first-order valence-electron chi connectivity index (χ1n) is 7.75. The van der Waals surface area contributed by atoms with Crippen molar-refractivity contribution in [1.29, 1.82) is 0 Å². The van der Waals surface area contributed by atoms with Crippen molar-refractivity contribution >= 4 is 11.7 Å². The van der Waals surface area contributed by atoms with E-state index in [0.717, 1.165) is 42.9 Å². The normalized spacial score (nSPS) is 17.5. The number of methoxy groups -OCH3 is 1. The summed E-state index contributed by atoms with van der Waals surface area (Å²) < 4.78 is 5.36. The van der Waals surface area contributed by atoms with E-state index in [2.05, 4.69) is 20.6 Å². The fraction of sp³-hybridized carbons (Fsp3) is 0.353. The van der Waals surface area contributed by atoms with Crippen LogP contribution < -0.4 is 15.4 Å². The van der Waals surface area contributed by atoms with Crippen LogP contribution in [-0.2, 0) is 4.79 Å². The number of ether oxygens (including phenoxy) is 1. The van der Waals surface area contributed by atoms with Gasteiger partial charge >= 0.3 is 0 Å². The largest absolute Gasteiger partial charge is 0.496 e. The summed E-state index contributed by atoms with van der Waals surface area (Å²) in [5, 5.41) is 6.13. The number of piperidine rings is 1. The summed E-state index contributed by atoms with van der Waals surface area (Å²) in [5.74, 6) is 1.24. The Hall–Kier alpha value is -2.47. The third-order valence-corrected chi connectivity index (χ3v) is 3.97. The number of rotatable bonds is 4. The maximum absolute atomic E-state index is 12.3. The molecule has 6 nitrogen and oxygen atoms in total. The molecule has 0 radical (unpaired) electrons. The van der Waals surface area contributed by atoms with Crippen molar-refractivity contribution in [1.82, 2.24) is 15.3 Å². The quantitative estimate of drug-likeness (QED) is 0.904. The van der Waals surface area contributed by atoms with Gasteiger partial charge in [-0.05, 0) is 31.5 Å². The van der Waals surface area contributed by atoms with E-state index in [1.807, 2.05) is 24.3 Å². The van der Waals surface area contributed by atoms with E-state index in [1.54, 1.807) is 13.2 Å². The van der Waals surface area contributed by atoms with Crippen LogP contribution in [0.2, 0.25) is 0 Å². The third-order valence-electron chi connectivity index (χ3n) is 3.97. The molecule has 0 spiro atoms. The zero-order valence-corrected chi connectivity index (χ0v) is 13.1. The van der Waals surface area contributed by atoms with Crippen LogP contribution in [0.25, 0.3) is 11.3 Å². The zero-order chi connectivity index (χ0) is 16.1. The molecule has 2 N–H and O–H groups in total. The number of nitrogens with zero attached hydrogens (tertiary/aromatic N) is 2. The number of anilines is 1. The smallest absolute Gasteiger partial charge is 0.229 e. The van der Waals surface area contributed by atoms with Gasteiger partial charge < -0.3 is 15.4 Å². The molecule has 1 amide bonds. The average Bonchev–Trinajstić information content (AvgIpc) is 2.62. The van der Waals surface area contributed by atoms with Gasteiger partial charge in [0.2, 0.25) is 5.91 Å². The molecule has 23 heavy (non-hydrogen) atoms. The minimum atomic E-state index is -0.00609. The lowest BCUT2D eigenvalue weighted by atomic mass is 9.99. The average molecular weight is 312 g/mol. The number of hydrogen-bond donors (Lipinski definition) is 2. The van der Waals surface area contributed by atoms with Crippen LogP contribution in [-0.4, -0.2) is 36.1 Å².